The summed E-state index contributed by atoms with van der Waals surface area (Å²) in [6.07, 6.45) is 0. The van der Waals surface area contributed by atoms with Gasteiger partial charge in [-0.1, -0.05) is 0 Å². The number of non-ortho nitro benzene ring substituents is 1. The summed E-state index contributed by atoms with van der Waals surface area (Å²) in [4.78, 5) is 32.4. The van der Waals surface area contributed by atoms with E-state index in [0.717, 1.165) is 0 Å². The van der Waals surface area contributed by atoms with Gasteiger partial charge in [0.25, 0.3) is 11.2 Å². The molecule has 0 amide bonds. The van der Waals surface area contributed by atoms with E-state index >= 15 is 0 Å². The molecular weight excluding hydrogens is 276 g/mol. The summed E-state index contributed by atoms with van der Waals surface area (Å²) in [6, 6.07) is 5.99. The maximum absolute atomic E-state index is 11.7. The molecule has 21 heavy (non-hydrogen) atoms. The molecule has 1 aliphatic rings. The first-order valence-corrected chi connectivity index (χ1v) is 6.00. The fourth-order valence-corrected chi connectivity index (χ4v) is 2.00. The highest BCUT2D eigenvalue weighted by molar-refractivity contribution is 6.06. The number of hydrogen-bond acceptors (Lipinski definition) is 7. The van der Waals surface area contributed by atoms with Crippen molar-refractivity contribution in [3.63, 3.8) is 0 Å². The van der Waals surface area contributed by atoms with Gasteiger partial charge in [-0.05, 0) is 17.7 Å². The van der Waals surface area contributed by atoms with Crippen molar-refractivity contribution < 1.29 is 4.92 Å². The predicted octanol–water partition coefficient (Wildman–Crippen LogP) is 0.807. The second-order valence-electron chi connectivity index (χ2n) is 4.37. The number of nitrogens with one attached hydrogen (secondary N) is 2. The van der Waals surface area contributed by atoms with Gasteiger partial charge in [-0.3, -0.25) is 19.9 Å². The molecule has 0 aliphatic carbocycles. The summed E-state index contributed by atoms with van der Waals surface area (Å²) in [5.41, 5.74) is 6.69. The molecule has 9 heteroatoms. The minimum atomic E-state index is -0.470. The summed E-state index contributed by atoms with van der Waals surface area (Å²) in [7, 11) is 0. The fourth-order valence-electron chi connectivity index (χ4n) is 2.00. The van der Waals surface area contributed by atoms with Crippen LogP contribution in [0.4, 0.5) is 23.1 Å². The van der Waals surface area contributed by atoms with Gasteiger partial charge in [0.1, 0.15) is 5.69 Å². The average Bonchev–Trinajstić information content (AvgIpc) is 2.46. The number of nitrogen functional groups attached to an aromatic ring is 1. The first-order valence-electron chi connectivity index (χ1n) is 6.00. The van der Waals surface area contributed by atoms with Crippen LogP contribution in [0.5, 0.6) is 0 Å². The van der Waals surface area contributed by atoms with Gasteiger partial charge in [0.2, 0.25) is 5.95 Å². The molecule has 0 fully saturated rings. The number of aromatic nitrogens is 2. The monoisotopic (exact) mass is 286 g/mol. The third-order valence-corrected chi connectivity index (χ3v) is 3.00. The van der Waals surface area contributed by atoms with Crippen LogP contribution in [0.2, 0.25) is 0 Å². The zero-order valence-electron chi connectivity index (χ0n) is 10.7. The van der Waals surface area contributed by atoms with E-state index in [9.17, 15) is 14.9 Å². The van der Waals surface area contributed by atoms with Crippen LogP contribution in [0.3, 0.4) is 0 Å². The molecule has 2 heterocycles. The van der Waals surface area contributed by atoms with Gasteiger partial charge in [0.05, 0.1) is 17.2 Å². The van der Waals surface area contributed by atoms with E-state index in [4.69, 9.17) is 5.73 Å². The molecule has 1 aliphatic heterocycles. The summed E-state index contributed by atoms with van der Waals surface area (Å²) < 4.78 is 0. The van der Waals surface area contributed by atoms with Crippen molar-refractivity contribution in [2.24, 2.45) is 4.99 Å². The Morgan fingerprint density at radius 3 is 2.67 bits per heavy atom. The van der Waals surface area contributed by atoms with E-state index in [1.807, 2.05) is 0 Å². The zero-order valence-corrected chi connectivity index (χ0v) is 10.7. The lowest BCUT2D eigenvalue weighted by Gasteiger charge is -2.16. The Balaban J connectivity index is 2.02. The molecule has 0 unspecified atom stereocenters. The zero-order chi connectivity index (χ0) is 15.0. The SMILES string of the molecule is Nc1nc2c(c(=O)[nH]1)NCC(c1ccc([N+](=O)[O-])cc1)=N2. The van der Waals surface area contributed by atoms with Crippen molar-refractivity contribution in [2.45, 2.75) is 0 Å². The topological polar surface area (TPSA) is 139 Å². The Bertz CT molecular complexity index is 809. The van der Waals surface area contributed by atoms with E-state index in [0.29, 0.717) is 17.8 Å². The van der Waals surface area contributed by atoms with Crippen molar-refractivity contribution in [1.82, 2.24) is 9.97 Å². The highest BCUT2D eigenvalue weighted by Gasteiger charge is 2.18. The lowest BCUT2D eigenvalue weighted by Crippen LogP contribution is -2.25. The molecule has 106 valence electrons. The molecule has 1 aromatic carbocycles. The van der Waals surface area contributed by atoms with Crippen LogP contribution in [0.15, 0.2) is 34.1 Å². The van der Waals surface area contributed by atoms with E-state index < -0.39 is 4.92 Å². The van der Waals surface area contributed by atoms with Gasteiger partial charge in [-0.25, -0.2) is 4.99 Å². The number of aromatic amines is 1. The quantitative estimate of drug-likeness (QED) is 0.551. The van der Waals surface area contributed by atoms with E-state index in [1.165, 1.54) is 12.1 Å². The maximum atomic E-state index is 11.7. The number of nitro benzene ring substituents is 1. The summed E-state index contributed by atoms with van der Waals surface area (Å²) >= 11 is 0. The second kappa shape index (κ2) is 4.71. The van der Waals surface area contributed by atoms with Crippen molar-refractivity contribution >= 4 is 28.9 Å². The Morgan fingerprint density at radius 1 is 1.29 bits per heavy atom. The Kier molecular flexibility index (Phi) is 2.87. The number of hydrogen-bond donors (Lipinski definition) is 3. The number of benzene rings is 1. The van der Waals surface area contributed by atoms with Crippen LogP contribution < -0.4 is 16.6 Å². The van der Waals surface area contributed by atoms with Crippen molar-refractivity contribution in [1.29, 1.82) is 0 Å². The van der Waals surface area contributed by atoms with Gasteiger partial charge in [-0.15, -0.1) is 0 Å². The number of anilines is 2. The normalized spacial score (nSPS) is 13.0. The van der Waals surface area contributed by atoms with Crippen LogP contribution >= 0.6 is 0 Å². The van der Waals surface area contributed by atoms with Crippen LogP contribution in [0.25, 0.3) is 0 Å². The molecule has 1 aromatic heterocycles. The average molecular weight is 286 g/mol. The van der Waals surface area contributed by atoms with Crippen molar-refractivity contribution in [2.75, 3.05) is 17.6 Å². The van der Waals surface area contributed by atoms with Gasteiger partial charge in [0, 0.05) is 12.1 Å². The van der Waals surface area contributed by atoms with Crippen LogP contribution in [0.1, 0.15) is 5.56 Å². The summed E-state index contributed by atoms with van der Waals surface area (Å²) in [6.45, 7) is 0.319. The maximum Gasteiger partial charge on any atom is 0.277 e. The first kappa shape index (κ1) is 12.8. The molecule has 3 rings (SSSR count). The molecule has 0 atom stereocenters. The van der Waals surface area contributed by atoms with E-state index in [2.05, 4.69) is 20.3 Å². The number of rotatable bonds is 2. The number of fused-ring (bicyclic) bond motifs is 1. The standard InChI is InChI=1S/C12H10N6O3/c13-12-16-10-9(11(19)17-12)14-5-8(15-10)6-1-3-7(4-2-6)18(20)21/h1-4,14H,5H2,(H3,13,16,17,19). The number of H-pyrrole nitrogens is 1. The van der Waals surface area contributed by atoms with Crippen molar-refractivity contribution in [3.8, 4) is 0 Å². The molecule has 2 aromatic rings. The van der Waals surface area contributed by atoms with Gasteiger partial charge >= 0.3 is 0 Å². The first-order chi connectivity index (χ1) is 10.0. The molecule has 0 spiro atoms. The number of nitrogens with zero attached hydrogens (tertiary/aromatic N) is 3. The second-order valence-corrected chi connectivity index (χ2v) is 4.37. The molecule has 4 N–H and O–H groups in total. The smallest absolute Gasteiger partial charge is 0.277 e. The molecular formula is C12H10N6O3. The largest absolute Gasteiger partial charge is 0.372 e. The van der Waals surface area contributed by atoms with Crippen LogP contribution in [0, 0.1) is 10.1 Å². The van der Waals surface area contributed by atoms with Gasteiger partial charge in [-0.2, -0.15) is 4.98 Å². The number of aliphatic imine (C=N–C) groups is 1. The minimum Gasteiger partial charge on any atom is -0.372 e. The fraction of sp³-hybridized carbons (Fsp3) is 0.0833. The summed E-state index contributed by atoms with van der Waals surface area (Å²) in [5, 5.41) is 13.5. The Hall–Kier alpha value is -3.23. The molecule has 9 nitrogen and oxygen atoms in total. The van der Waals surface area contributed by atoms with Gasteiger partial charge < -0.3 is 11.1 Å². The third-order valence-electron chi connectivity index (χ3n) is 3.00. The van der Waals surface area contributed by atoms with Gasteiger partial charge in [0.15, 0.2) is 5.82 Å². The van der Waals surface area contributed by atoms with E-state index in [1.54, 1.807) is 12.1 Å². The third kappa shape index (κ3) is 2.31. The van der Waals surface area contributed by atoms with Crippen LogP contribution in [-0.4, -0.2) is 27.1 Å². The summed E-state index contributed by atoms with van der Waals surface area (Å²) in [5.74, 6) is 0.185. The van der Waals surface area contributed by atoms with E-state index in [-0.39, 0.29) is 28.7 Å². The number of nitrogens with two attached hydrogens (primary N) is 1. The molecule has 0 saturated carbocycles. The lowest BCUT2D eigenvalue weighted by molar-refractivity contribution is -0.384. The highest BCUT2D eigenvalue weighted by Crippen LogP contribution is 2.24. The molecule has 0 radical (unpaired) electrons. The van der Waals surface area contributed by atoms with Crippen molar-refractivity contribution in [3.05, 3.63) is 50.3 Å². The predicted molar refractivity (Wildman–Crippen MR) is 77.1 cm³/mol. The Morgan fingerprint density at radius 2 is 2.00 bits per heavy atom. The molecule has 0 bridgehead atoms. The lowest BCUT2D eigenvalue weighted by atomic mass is 10.1. The Labute approximate surface area is 117 Å². The highest BCUT2D eigenvalue weighted by atomic mass is 16.6. The van der Waals surface area contributed by atoms with Crippen LogP contribution in [-0.2, 0) is 0 Å². The molecule has 0 saturated heterocycles. The minimum absolute atomic E-state index is 0.00216. The number of nitro groups is 1.